The lowest BCUT2D eigenvalue weighted by Crippen LogP contribution is -2.29. The molecule has 1 amide bonds. The van der Waals surface area contributed by atoms with Gasteiger partial charge < -0.3 is 19.7 Å². The van der Waals surface area contributed by atoms with Crippen LogP contribution >= 0.6 is 0 Å². The molecule has 2 aromatic rings. The second-order valence-corrected chi connectivity index (χ2v) is 3.75. The summed E-state index contributed by atoms with van der Waals surface area (Å²) in [5, 5.41) is 9.69. The van der Waals surface area contributed by atoms with Crippen molar-refractivity contribution in [3.63, 3.8) is 0 Å². The molecule has 0 saturated carbocycles. The predicted molar refractivity (Wildman–Crippen MR) is 64.4 cm³/mol. The van der Waals surface area contributed by atoms with Gasteiger partial charge in [-0.3, -0.25) is 0 Å². The van der Waals surface area contributed by atoms with Crippen LogP contribution < -0.4 is 4.74 Å². The van der Waals surface area contributed by atoms with Crippen LogP contribution in [0.25, 0.3) is 10.9 Å². The molecule has 0 atom stereocenters. The summed E-state index contributed by atoms with van der Waals surface area (Å²) in [5.41, 5.74) is 1.01. The number of rotatable bonds is 4. The van der Waals surface area contributed by atoms with Crippen LogP contribution in [-0.4, -0.2) is 41.3 Å². The van der Waals surface area contributed by atoms with E-state index in [0.717, 1.165) is 16.7 Å². The van der Waals surface area contributed by atoms with Crippen molar-refractivity contribution in [3.8, 4) is 5.75 Å². The molecule has 0 unspecified atom stereocenters. The first-order valence-corrected chi connectivity index (χ1v) is 5.31. The number of H-pyrrole nitrogens is 1. The van der Waals surface area contributed by atoms with Gasteiger partial charge >= 0.3 is 6.09 Å². The predicted octanol–water partition coefficient (Wildman–Crippen LogP) is 2.16. The summed E-state index contributed by atoms with van der Waals surface area (Å²) in [6.07, 6.45) is 0.898. The highest BCUT2D eigenvalue weighted by Gasteiger charge is 2.06. The van der Waals surface area contributed by atoms with Crippen LogP contribution in [-0.2, 0) is 0 Å². The number of aromatic nitrogens is 1. The zero-order valence-electron chi connectivity index (χ0n) is 9.51. The van der Waals surface area contributed by atoms with E-state index in [0.29, 0.717) is 13.2 Å². The molecule has 0 spiro atoms. The van der Waals surface area contributed by atoms with E-state index >= 15 is 0 Å². The average Bonchev–Trinajstić information content (AvgIpc) is 2.77. The highest BCUT2D eigenvalue weighted by molar-refractivity contribution is 5.85. The number of carbonyl (C=O) groups is 1. The zero-order valence-corrected chi connectivity index (χ0v) is 9.51. The highest BCUT2D eigenvalue weighted by Crippen LogP contribution is 2.24. The molecule has 17 heavy (non-hydrogen) atoms. The van der Waals surface area contributed by atoms with Crippen LogP contribution in [0, 0.1) is 0 Å². The summed E-state index contributed by atoms with van der Waals surface area (Å²) >= 11 is 0. The van der Waals surface area contributed by atoms with Crippen molar-refractivity contribution in [2.24, 2.45) is 0 Å². The first-order valence-electron chi connectivity index (χ1n) is 5.31. The molecule has 0 aliphatic carbocycles. The third-order valence-electron chi connectivity index (χ3n) is 2.57. The van der Waals surface area contributed by atoms with Gasteiger partial charge in [0.05, 0.1) is 6.54 Å². The van der Waals surface area contributed by atoms with Gasteiger partial charge in [-0.05, 0) is 18.2 Å². The Morgan fingerprint density at radius 1 is 1.47 bits per heavy atom. The summed E-state index contributed by atoms with van der Waals surface area (Å²) in [4.78, 5) is 14.9. The second-order valence-electron chi connectivity index (χ2n) is 3.75. The van der Waals surface area contributed by atoms with Crippen LogP contribution in [0.5, 0.6) is 5.75 Å². The van der Waals surface area contributed by atoms with E-state index in [9.17, 15) is 4.79 Å². The molecular formula is C12H14N2O3. The zero-order chi connectivity index (χ0) is 12.3. The highest BCUT2D eigenvalue weighted by atomic mass is 16.5. The lowest BCUT2D eigenvalue weighted by Gasteiger charge is -2.13. The Labute approximate surface area is 98.6 Å². The normalized spacial score (nSPS) is 10.4. The van der Waals surface area contributed by atoms with Gasteiger partial charge in [0.1, 0.15) is 12.4 Å². The standard InChI is InChI=1S/C12H14N2O3/c1-14(12(15)16)7-8-17-11-4-2-3-10-9(11)5-6-13-10/h2-6,13H,7-8H2,1H3,(H,15,16). The fraction of sp³-hybridized carbons (Fsp3) is 0.250. The minimum absolute atomic E-state index is 0.340. The SMILES string of the molecule is CN(CCOc1cccc2[nH]ccc12)C(=O)O. The Hall–Kier alpha value is -2.17. The number of likely N-dealkylation sites (N-methyl/N-ethyl adjacent to an activating group) is 1. The van der Waals surface area contributed by atoms with Crippen LogP contribution in [0.15, 0.2) is 30.5 Å². The number of nitrogens with zero attached hydrogens (tertiary/aromatic N) is 1. The van der Waals surface area contributed by atoms with Gasteiger partial charge in [0.15, 0.2) is 0 Å². The van der Waals surface area contributed by atoms with Gasteiger partial charge in [-0.2, -0.15) is 0 Å². The van der Waals surface area contributed by atoms with Crippen molar-refractivity contribution < 1.29 is 14.6 Å². The third-order valence-corrected chi connectivity index (χ3v) is 2.57. The van der Waals surface area contributed by atoms with Crippen LogP contribution in [0.1, 0.15) is 0 Å². The number of fused-ring (bicyclic) bond motifs is 1. The molecule has 0 aliphatic heterocycles. The minimum atomic E-state index is -0.951. The maximum Gasteiger partial charge on any atom is 0.407 e. The lowest BCUT2D eigenvalue weighted by atomic mass is 10.2. The van der Waals surface area contributed by atoms with Crippen molar-refractivity contribution in [3.05, 3.63) is 30.5 Å². The number of carboxylic acid groups (broad SMARTS) is 1. The molecule has 1 aromatic carbocycles. The first kappa shape index (κ1) is 11.3. The number of hydrogen-bond donors (Lipinski definition) is 2. The number of benzene rings is 1. The minimum Gasteiger partial charge on any atom is -0.491 e. The van der Waals surface area contributed by atoms with Crippen LogP contribution in [0.2, 0.25) is 0 Å². The molecule has 0 aliphatic rings. The van der Waals surface area contributed by atoms with Crippen LogP contribution in [0.4, 0.5) is 4.79 Å². The van der Waals surface area contributed by atoms with Crippen molar-refractivity contribution in [2.75, 3.05) is 20.2 Å². The summed E-state index contributed by atoms with van der Waals surface area (Å²) in [5.74, 6) is 0.766. The molecule has 0 bridgehead atoms. The van der Waals surface area contributed by atoms with Crippen molar-refractivity contribution in [1.82, 2.24) is 9.88 Å². The molecule has 5 heteroatoms. The van der Waals surface area contributed by atoms with E-state index < -0.39 is 6.09 Å². The Balaban J connectivity index is 1.99. The molecule has 2 N–H and O–H groups in total. The number of aromatic amines is 1. The summed E-state index contributed by atoms with van der Waals surface area (Å²) in [6, 6.07) is 7.67. The summed E-state index contributed by atoms with van der Waals surface area (Å²) in [6.45, 7) is 0.684. The molecule has 5 nitrogen and oxygen atoms in total. The Morgan fingerprint density at radius 2 is 2.29 bits per heavy atom. The Bertz CT molecular complexity index is 521. The maximum atomic E-state index is 10.6. The van der Waals surface area contributed by atoms with E-state index in [2.05, 4.69) is 4.98 Å². The van der Waals surface area contributed by atoms with Gasteiger partial charge in [0.2, 0.25) is 0 Å². The lowest BCUT2D eigenvalue weighted by molar-refractivity contribution is 0.147. The largest absolute Gasteiger partial charge is 0.491 e. The van der Waals surface area contributed by atoms with E-state index in [1.165, 1.54) is 11.9 Å². The molecule has 2 rings (SSSR count). The quantitative estimate of drug-likeness (QED) is 0.851. The molecule has 90 valence electrons. The smallest absolute Gasteiger partial charge is 0.407 e. The molecule has 1 heterocycles. The molecule has 1 aromatic heterocycles. The summed E-state index contributed by atoms with van der Waals surface area (Å²) < 4.78 is 5.57. The maximum absolute atomic E-state index is 10.6. The molecule has 0 fully saturated rings. The van der Waals surface area contributed by atoms with Gasteiger partial charge in [0.25, 0.3) is 0 Å². The number of nitrogens with one attached hydrogen (secondary N) is 1. The summed E-state index contributed by atoms with van der Waals surface area (Å²) in [7, 11) is 1.52. The fourth-order valence-electron chi connectivity index (χ4n) is 1.57. The van der Waals surface area contributed by atoms with E-state index in [4.69, 9.17) is 9.84 Å². The first-order chi connectivity index (χ1) is 8.18. The number of hydrogen-bond acceptors (Lipinski definition) is 2. The van der Waals surface area contributed by atoms with Crippen LogP contribution in [0.3, 0.4) is 0 Å². The Kier molecular flexibility index (Phi) is 3.18. The van der Waals surface area contributed by atoms with Gasteiger partial charge in [0, 0.05) is 24.1 Å². The van der Waals surface area contributed by atoms with Crippen molar-refractivity contribution in [1.29, 1.82) is 0 Å². The molecule has 0 saturated heterocycles. The molecular weight excluding hydrogens is 220 g/mol. The third kappa shape index (κ3) is 2.50. The van der Waals surface area contributed by atoms with Crippen molar-refractivity contribution >= 4 is 17.0 Å². The number of ether oxygens (including phenoxy) is 1. The Morgan fingerprint density at radius 3 is 3.06 bits per heavy atom. The average molecular weight is 234 g/mol. The van der Waals surface area contributed by atoms with E-state index in [1.807, 2.05) is 30.5 Å². The fourth-order valence-corrected chi connectivity index (χ4v) is 1.57. The van der Waals surface area contributed by atoms with Gasteiger partial charge in [-0.15, -0.1) is 0 Å². The topological polar surface area (TPSA) is 65.6 Å². The number of amides is 1. The van der Waals surface area contributed by atoms with E-state index in [1.54, 1.807) is 0 Å². The monoisotopic (exact) mass is 234 g/mol. The second kappa shape index (κ2) is 4.78. The molecule has 0 radical (unpaired) electrons. The van der Waals surface area contributed by atoms with Gasteiger partial charge in [-0.1, -0.05) is 6.07 Å². The van der Waals surface area contributed by atoms with Gasteiger partial charge in [-0.25, -0.2) is 4.79 Å². The van der Waals surface area contributed by atoms with E-state index in [-0.39, 0.29) is 0 Å². The van der Waals surface area contributed by atoms with Crippen molar-refractivity contribution in [2.45, 2.75) is 0 Å².